The number of aromatic nitrogens is 2. The molecule has 7 heteroatoms. The van der Waals surface area contributed by atoms with E-state index < -0.39 is 4.92 Å². The van der Waals surface area contributed by atoms with Crippen molar-refractivity contribution in [1.82, 2.24) is 9.97 Å². The van der Waals surface area contributed by atoms with Crippen LogP contribution in [-0.2, 0) is 0 Å². The maximum absolute atomic E-state index is 11.5. The molecule has 0 unspecified atom stereocenters. The van der Waals surface area contributed by atoms with Gasteiger partial charge >= 0.3 is 5.69 Å². The second-order valence-corrected chi connectivity index (χ2v) is 5.60. The number of benzene rings is 2. The number of hydrogen-bond acceptors (Lipinski definition) is 6. The molecule has 0 amide bonds. The first kappa shape index (κ1) is 15.0. The molecule has 0 atom stereocenters. The van der Waals surface area contributed by atoms with Crippen LogP contribution in [0.3, 0.4) is 0 Å². The number of rotatable bonds is 5. The van der Waals surface area contributed by atoms with E-state index in [0.29, 0.717) is 5.03 Å². The summed E-state index contributed by atoms with van der Waals surface area (Å²) in [5, 5.41) is 14.8. The van der Waals surface area contributed by atoms with Gasteiger partial charge in [0.15, 0.2) is 5.03 Å². The highest BCUT2D eigenvalue weighted by molar-refractivity contribution is 7.99. The molecule has 3 rings (SSSR count). The summed E-state index contributed by atoms with van der Waals surface area (Å²) in [5.74, 6) is 0.176. The van der Waals surface area contributed by atoms with E-state index in [9.17, 15) is 10.1 Å². The lowest BCUT2D eigenvalue weighted by Crippen LogP contribution is -2.02. The van der Waals surface area contributed by atoms with Gasteiger partial charge in [0, 0.05) is 10.6 Å². The summed E-state index contributed by atoms with van der Waals surface area (Å²) >= 11 is 1.23. The first-order chi connectivity index (χ1) is 11.2. The quantitative estimate of drug-likeness (QED) is 0.428. The summed E-state index contributed by atoms with van der Waals surface area (Å²) in [6.45, 7) is 0. The Labute approximate surface area is 136 Å². The molecule has 1 aromatic heterocycles. The number of anilines is 2. The second kappa shape index (κ2) is 6.89. The van der Waals surface area contributed by atoms with E-state index in [2.05, 4.69) is 15.3 Å². The molecule has 0 saturated heterocycles. The summed E-state index contributed by atoms with van der Waals surface area (Å²) in [6.07, 6.45) is 1.32. The van der Waals surface area contributed by atoms with Crippen molar-refractivity contribution >= 4 is 29.0 Å². The highest BCUT2D eigenvalue weighted by Crippen LogP contribution is 2.37. The van der Waals surface area contributed by atoms with E-state index in [1.54, 1.807) is 0 Å². The number of hydrogen-bond donors (Lipinski definition) is 1. The Morgan fingerprint density at radius 2 is 1.61 bits per heavy atom. The molecule has 0 aliphatic heterocycles. The Hall–Kier alpha value is -2.93. The van der Waals surface area contributed by atoms with Crippen LogP contribution in [0.15, 0.2) is 76.9 Å². The molecule has 0 radical (unpaired) electrons. The fourth-order valence-electron chi connectivity index (χ4n) is 1.95. The van der Waals surface area contributed by atoms with Crippen LogP contribution >= 0.6 is 11.8 Å². The molecular weight excluding hydrogens is 312 g/mol. The molecule has 1 N–H and O–H groups in total. The van der Waals surface area contributed by atoms with Crippen molar-refractivity contribution in [2.24, 2.45) is 0 Å². The number of nitrogens with one attached hydrogen (secondary N) is 1. The summed E-state index contributed by atoms with van der Waals surface area (Å²) < 4.78 is 0. The molecule has 6 nitrogen and oxygen atoms in total. The van der Waals surface area contributed by atoms with E-state index in [4.69, 9.17) is 0 Å². The van der Waals surface area contributed by atoms with Gasteiger partial charge < -0.3 is 5.32 Å². The third kappa shape index (κ3) is 3.64. The zero-order chi connectivity index (χ0) is 16.1. The van der Waals surface area contributed by atoms with Crippen molar-refractivity contribution in [1.29, 1.82) is 0 Å². The molecule has 114 valence electrons. The van der Waals surface area contributed by atoms with Crippen molar-refractivity contribution in [3.05, 3.63) is 77.1 Å². The summed E-state index contributed by atoms with van der Waals surface area (Å²) in [4.78, 5) is 20.0. The zero-order valence-electron chi connectivity index (χ0n) is 11.9. The van der Waals surface area contributed by atoms with Crippen molar-refractivity contribution < 1.29 is 4.92 Å². The van der Waals surface area contributed by atoms with Crippen LogP contribution in [0.25, 0.3) is 0 Å². The van der Waals surface area contributed by atoms with Crippen LogP contribution < -0.4 is 5.32 Å². The molecule has 0 bridgehead atoms. The van der Waals surface area contributed by atoms with Crippen molar-refractivity contribution in [3.8, 4) is 0 Å². The van der Waals surface area contributed by atoms with Gasteiger partial charge in [0.25, 0.3) is 0 Å². The van der Waals surface area contributed by atoms with Crippen molar-refractivity contribution in [3.63, 3.8) is 0 Å². The van der Waals surface area contributed by atoms with E-state index in [-0.39, 0.29) is 11.5 Å². The molecule has 3 aromatic rings. The molecule has 23 heavy (non-hydrogen) atoms. The Bertz CT molecular complexity index is 753. The summed E-state index contributed by atoms with van der Waals surface area (Å²) in [5.41, 5.74) is 0.593. The van der Waals surface area contributed by atoms with E-state index >= 15 is 0 Å². The summed E-state index contributed by atoms with van der Waals surface area (Å²) in [6, 6.07) is 18.6. The Kier molecular flexibility index (Phi) is 4.49. The maximum Gasteiger partial charge on any atom is 0.343 e. The monoisotopic (exact) mass is 324 g/mol. The highest BCUT2D eigenvalue weighted by Gasteiger charge is 2.23. The van der Waals surface area contributed by atoms with Crippen molar-refractivity contribution in [2.75, 3.05) is 5.32 Å². The average molecular weight is 324 g/mol. The van der Waals surface area contributed by atoms with Gasteiger partial charge in [0.1, 0.15) is 6.33 Å². The van der Waals surface area contributed by atoms with E-state index in [1.807, 2.05) is 60.7 Å². The molecule has 0 fully saturated rings. The zero-order valence-corrected chi connectivity index (χ0v) is 12.7. The predicted octanol–water partition coefficient (Wildman–Crippen LogP) is 4.28. The average Bonchev–Trinajstić information content (AvgIpc) is 2.56. The van der Waals surface area contributed by atoms with Gasteiger partial charge in [-0.15, -0.1) is 0 Å². The first-order valence-electron chi connectivity index (χ1n) is 6.78. The maximum atomic E-state index is 11.5. The van der Waals surface area contributed by atoms with Gasteiger partial charge in [-0.05, 0) is 24.3 Å². The normalized spacial score (nSPS) is 10.3. The van der Waals surface area contributed by atoms with Crippen LogP contribution in [0.4, 0.5) is 17.2 Å². The number of para-hydroxylation sites is 1. The lowest BCUT2D eigenvalue weighted by Gasteiger charge is -2.08. The van der Waals surface area contributed by atoms with Gasteiger partial charge in [0.2, 0.25) is 5.82 Å². The fourth-order valence-corrected chi connectivity index (χ4v) is 2.84. The third-order valence-corrected chi connectivity index (χ3v) is 3.97. The SMILES string of the molecule is O=[N+]([O-])c1c(Nc2ccccc2)ncnc1Sc1ccccc1. The van der Waals surface area contributed by atoms with Gasteiger partial charge in [-0.3, -0.25) is 10.1 Å². The third-order valence-electron chi connectivity index (χ3n) is 2.97. The molecule has 0 spiro atoms. The number of nitrogens with zero attached hydrogens (tertiary/aromatic N) is 3. The second-order valence-electron chi connectivity index (χ2n) is 4.54. The highest BCUT2D eigenvalue weighted by atomic mass is 32.2. The molecule has 0 aliphatic rings. The minimum atomic E-state index is -0.462. The minimum Gasteiger partial charge on any atom is -0.334 e. The number of nitro groups is 1. The minimum absolute atomic E-state index is 0.134. The molecule has 1 heterocycles. The van der Waals surface area contributed by atoms with Gasteiger partial charge in [0.05, 0.1) is 4.92 Å². The Balaban J connectivity index is 1.97. The molecule has 2 aromatic carbocycles. The van der Waals surface area contributed by atoms with Crippen LogP contribution in [0.5, 0.6) is 0 Å². The summed E-state index contributed by atoms with van der Waals surface area (Å²) in [7, 11) is 0. The fraction of sp³-hybridized carbons (Fsp3) is 0. The Morgan fingerprint density at radius 3 is 2.26 bits per heavy atom. The molecule has 0 saturated carbocycles. The van der Waals surface area contributed by atoms with Gasteiger partial charge in [-0.1, -0.05) is 48.2 Å². The largest absolute Gasteiger partial charge is 0.343 e. The Morgan fingerprint density at radius 1 is 0.957 bits per heavy atom. The van der Waals surface area contributed by atoms with Gasteiger partial charge in [-0.2, -0.15) is 0 Å². The van der Waals surface area contributed by atoms with Crippen molar-refractivity contribution in [2.45, 2.75) is 9.92 Å². The van der Waals surface area contributed by atoms with Gasteiger partial charge in [-0.25, -0.2) is 9.97 Å². The van der Waals surface area contributed by atoms with Crippen LogP contribution in [-0.4, -0.2) is 14.9 Å². The van der Waals surface area contributed by atoms with E-state index in [0.717, 1.165) is 10.6 Å². The lowest BCUT2D eigenvalue weighted by molar-refractivity contribution is -0.387. The molecular formula is C16H12N4O2S. The lowest BCUT2D eigenvalue weighted by atomic mass is 10.3. The topological polar surface area (TPSA) is 81.0 Å². The van der Waals surface area contributed by atoms with Crippen LogP contribution in [0, 0.1) is 10.1 Å². The van der Waals surface area contributed by atoms with Crippen LogP contribution in [0.2, 0.25) is 0 Å². The first-order valence-corrected chi connectivity index (χ1v) is 7.60. The standard InChI is InChI=1S/C16H12N4O2S/c21-20(22)14-15(19-12-7-3-1-4-8-12)17-11-18-16(14)23-13-9-5-2-6-10-13/h1-11H,(H,17,18,19). The smallest absolute Gasteiger partial charge is 0.334 e. The predicted molar refractivity (Wildman–Crippen MR) is 89.0 cm³/mol. The van der Waals surface area contributed by atoms with E-state index in [1.165, 1.54) is 18.1 Å². The van der Waals surface area contributed by atoms with Crippen LogP contribution in [0.1, 0.15) is 0 Å². The molecule has 0 aliphatic carbocycles.